The number of halogens is 2. The topological polar surface area (TPSA) is 78.9 Å². The number of nitrogens with one attached hydrogen (secondary N) is 1. The normalized spacial score (nSPS) is 23.9. The van der Waals surface area contributed by atoms with Gasteiger partial charge in [-0.05, 0) is 27.2 Å². The monoisotopic (exact) mass is 294 g/mol. The maximum Gasteiger partial charge on any atom is 0.408 e. The van der Waals surface area contributed by atoms with Crippen molar-refractivity contribution in [1.82, 2.24) is 10.2 Å². The van der Waals surface area contributed by atoms with Gasteiger partial charge in [0.25, 0.3) is 6.43 Å². The van der Waals surface area contributed by atoms with Gasteiger partial charge < -0.3 is 15.2 Å². The summed E-state index contributed by atoms with van der Waals surface area (Å²) in [5.74, 6) is -1.25. The molecule has 8 heteroatoms. The number of nitrogens with zero attached hydrogens (tertiary/aromatic N) is 1. The van der Waals surface area contributed by atoms with E-state index in [-0.39, 0.29) is 19.5 Å². The van der Waals surface area contributed by atoms with E-state index in [1.807, 2.05) is 0 Å². The molecule has 0 saturated carbocycles. The van der Waals surface area contributed by atoms with Crippen molar-refractivity contribution in [3.63, 3.8) is 0 Å². The molecule has 1 atom stereocenters. The summed E-state index contributed by atoms with van der Waals surface area (Å²) in [5, 5.41) is 11.6. The lowest BCUT2D eigenvalue weighted by atomic mass is 9.99. The zero-order valence-electron chi connectivity index (χ0n) is 11.8. The molecule has 0 aliphatic carbocycles. The Bertz CT molecular complexity index is 384. The first-order valence-corrected chi connectivity index (χ1v) is 6.29. The van der Waals surface area contributed by atoms with E-state index in [9.17, 15) is 23.5 Å². The highest BCUT2D eigenvalue weighted by atomic mass is 19.3. The number of carboxylic acids is 1. The van der Waals surface area contributed by atoms with Crippen LogP contribution >= 0.6 is 0 Å². The molecular weight excluding hydrogens is 274 g/mol. The van der Waals surface area contributed by atoms with Crippen molar-refractivity contribution in [3.05, 3.63) is 0 Å². The number of ether oxygens (including phenoxy) is 1. The van der Waals surface area contributed by atoms with Crippen LogP contribution in [0.2, 0.25) is 0 Å². The number of amides is 1. The van der Waals surface area contributed by atoms with Crippen LogP contribution in [-0.2, 0) is 9.53 Å². The summed E-state index contributed by atoms with van der Waals surface area (Å²) in [6, 6.07) is 0. The van der Waals surface area contributed by atoms with E-state index < -0.39 is 36.2 Å². The van der Waals surface area contributed by atoms with E-state index in [0.29, 0.717) is 0 Å². The molecule has 2 N–H and O–H groups in total. The number of aliphatic carboxylic acids is 1. The first-order chi connectivity index (χ1) is 9.04. The smallest absolute Gasteiger partial charge is 0.408 e. The Morgan fingerprint density at radius 2 is 2.05 bits per heavy atom. The standard InChI is InChI=1S/C12H20F2N2O4/c1-11(2,3)20-10(19)15-12(9(17)18)4-5-16(7-12)6-8(13)14/h8H,4-7H2,1-3H3,(H,15,19)(H,17,18). The summed E-state index contributed by atoms with van der Waals surface area (Å²) in [6.07, 6.45) is -3.34. The Balaban J connectivity index is 2.71. The van der Waals surface area contributed by atoms with E-state index in [2.05, 4.69) is 5.32 Å². The number of rotatable bonds is 4. The Labute approximate surface area is 116 Å². The molecule has 1 unspecified atom stereocenters. The van der Waals surface area contributed by atoms with Crippen molar-refractivity contribution in [3.8, 4) is 0 Å². The first-order valence-electron chi connectivity index (χ1n) is 6.29. The fraction of sp³-hybridized carbons (Fsp3) is 0.833. The first kappa shape index (κ1) is 16.6. The van der Waals surface area contributed by atoms with E-state index in [4.69, 9.17) is 4.74 Å². The van der Waals surface area contributed by atoms with Crippen molar-refractivity contribution in [2.75, 3.05) is 19.6 Å². The van der Waals surface area contributed by atoms with Crippen LogP contribution in [0.25, 0.3) is 0 Å². The quantitative estimate of drug-likeness (QED) is 0.817. The Kier molecular flexibility index (Phi) is 4.90. The van der Waals surface area contributed by atoms with Crippen molar-refractivity contribution in [1.29, 1.82) is 0 Å². The van der Waals surface area contributed by atoms with E-state index in [0.717, 1.165) is 0 Å². The molecule has 1 saturated heterocycles. The van der Waals surface area contributed by atoms with Crippen molar-refractivity contribution in [2.45, 2.75) is 44.8 Å². The largest absolute Gasteiger partial charge is 0.479 e. The van der Waals surface area contributed by atoms with Crippen LogP contribution < -0.4 is 5.32 Å². The summed E-state index contributed by atoms with van der Waals surface area (Å²) in [6.45, 7) is 4.47. The lowest BCUT2D eigenvalue weighted by molar-refractivity contribution is -0.144. The molecule has 20 heavy (non-hydrogen) atoms. The number of carbonyl (C=O) groups is 2. The number of alkyl halides is 2. The van der Waals surface area contributed by atoms with Crippen LogP contribution in [0.1, 0.15) is 27.2 Å². The minimum atomic E-state index is -2.54. The molecule has 0 bridgehead atoms. The average molecular weight is 294 g/mol. The van der Waals surface area contributed by atoms with Crippen LogP contribution in [0, 0.1) is 0 Å². The van der Waals surface area contributed by atoms with Gasteiger partial charge in [-0.3, -0.25) is 4.90 Å². The molecule has 1 rings (SSSR count). The van der Waals surface area contributed by atoms with Gasteiger partial charge in [0.2, 0.25) is 0 Å². The SMILES string of the molecule is CC(C)(C)OC(=O)NC1(C(=O)O)CCN(CC(F)F)C1. The van der Waals surface area contributed by atoms with Crippen LogP contribution in [0.15, 0.2) is 0 Å². The highest BCUT2D eigenvalue weighted by Gasteiger charge is 2.47. The molecular formula is C12H20F2N2O4. The van der Waals surface area contributed by atoms with Crippen molar-refractivity contribution < 1.29 is 28.2 Å². The van der Waals surface area contributed by atoms with E-state index in [1.165, 1.54) is 4.90 Å². The molecule has 0 aromatic carbocycles. The number of carboxylic acid groups (broad SMARTS) is 1. The lowest BCUT2D eigenvalue weighted by Gasteiger charge is -2.28. The van der Waals surface area contributed by atoms with Gasteiger partial charge in [-0.15, -0.1) is 0 Å². The molecule has 116 valence electrons. The zero-order valence-corrected chi connectivity index (χ0v) is 11.8. The summed E-state index contributed by atoms with van der Waals surface area (Å²) in [4.78, 5) is 24.4. The number of carbonyl (C=O) groups excluding carboxylic acids is 1. The maximum atomic E-state index is 12.3. The van der Waals surface area contributed by atoms with Crippen LogP contribution in [0.5, 0.6) is 0 Å². The molecule has 1 heterocycles. The number of likely N-dealkylation sites (tertiary alicyclic amines) is 1. The van der Waals surface area contributed by atoms with Gasteiger partial charge in [-0.25, -0.2) is 18.4 Å². The Morgan fingerprint density at radius 3 is 2.50 bits per heavy atom. The van der Waals surface area contributed by atoms with Gasteiger partial charge in [-0.2, -0.15) is 0 Å². The number of alkyl carbamates (subject to hydrolysis) is 1. The Hall–Kier alpha value is -1.44. The molecule has 0 spiro atoms. The van der Waals surface area contributed by atoms with Gasteiger partial charge in [0, 0.05) is 13.1 Å². The van der Waals surface area contributed by atoms with Crippen LogP contribution in [0.4, 0.5) is 13.6 Å². The van der Waals surface area contributed by atoms with E-state index >= 15 is 0 Å². The fourth-order valence-corrected chi connectivity index (χ4v) is 2.07. The third kappa shape index (κ3) is 4.59. The van der Waals surface area contributed by atoms with Gasteiger partial charge in [0.15, 0.2) is 5.54 Å². The minimum Gasteiger partial charge on any atom is -0.479 e. The van der Waals surface area contributed by atoms with Crippen molar-refractivity contribution >= 4 is 12.1 Å². The van der Waals surface area contributed by atoms with Gasteiger partial charge >= 0.3 is 12.1 Å². The highest BCUT2D eigenvalue weighted by molar-refractivity contribution is 5.85. The van der Waals surface area contributed by atoms with Crippen LogP contribution in [-0.4, -0.2) is 59.3 Å². The second-order valence-electron chi connectivity index (χ2n) is 5.89. The minimum absolute atomic E-state index is 0.0638. The third-order valence-corrected chi connectivity index (χ3v) is 2.89. The molecule has 0 radical (unpaired) electrons. The van der Waals surface area contributed by atoms with Gasteiger partial charge in [-0.1, -0.05) is 0 Å². The Morgan fingerprint density at radius 1 is 1.45 bits per heavy atom. The predicted octanol–water partition coefficient (Wildman–Crippen LogP) is 1.31. The molecule has 0 aromatic rings. The number of hydrogen-bond acceptors (Lipinski definition) is 4. The fourth-order valence-electron chi connectivity index (χ4n) is 2.07. The second-order valence-corrected chi connectivity index (χ2v) is 5.89. The summed E-state index contributed by atoms with van der Waals surface area (Å²) < 4.78 is 29.7. The molecule has 1 fully saturated rings. The summed E-state index contributed by atoms with van der Waals surface area (Å²) in [5.41, 5.74) is -2.33. The molecule has 0 aromatic heterocycles. The van der Waals surface area contributed by atoms with Crippen LogP contribution in [0.3, 0.4) is 0 Å². The van der Waals surface area contributed by atoms with Gasteiger partial charge in [0.05, 0.1) is 6.54 Å². The van der Waals surface area contributed by atoms with E-state index in [1.54, 1.807) is 20.8 Å². The second kappa shape index (κ2) is 5.90. The third-order valence-electron chi connectivity index (χ3n) is 2.89. The highest BCUT2D eigenvalue weighted by Crippen LogP contribution is 2.23. The van der Waals surface area contributed by atoms with Gasteiger partial charge in [0.1, 0.15) is 5.60 Å². The molecule has 1 aliphatic rings. The number of hydrogen-bond donors (Lipinski definition) is 2. The average Bonchev–Trinajstić information content (AvgIpc) is 2.58. The summed E-state index contributed by atoms with van der Waals surface area (Å²) in [7, 11) is 0. The molecule has 6 nitrogen and oxygen atoms in total. The maximum absolute atomic E-state index is 12.3. The molecule has 1 aliphatic heterocycles. The van der Waals surface area contributed by atoms with Crippen molar-refractivity contribution in [2.24, 2.45) is 0 Å². The molecule has 1 amide bonds. The lowest BCUT2D eigenvalue weighted by Crippen LogP contribution is -2.57. The zero-order chi connectivity index (χ0) is 15.6. The predicted molar refractivity (Wildman–Crippen MR) is 66.8 cm³/mol. The summed E-state index contributed by atoms with van der Waals surface area (Å²) >= 11 is 0.